The third-order valence-corrected chi connectivity index (χ3v) is 4.47. The van der Waals surface area contributed by atoms with Crippen molar-refractivity contribution in [2.75, 3.05) is 5.32 Å². The van der Waals surface area contributed by atoms with Crippen LogP contribution in [0.15, 0.2) is 65.2 Å². The number of anilines is 1. The first-order valence-corrected chi connectivity index (χ1v) is 9.47. The average Bonchev–Trinajstić information content (AvgIpc) is 3.39. The molecule has 7 heteroatoms. The van der Waals surface area contributed by atoms with Crippen molar-refractivity contribution in [3.63, 3.8) is 0 Å². The molecule has 4 rings (SSSR count). The molecule has 0 unspecified atom stereocenters. The van der Waals surface area contributed by atoms with Gasteiger partial charge in [0.15, 0.2) is 17.5 Å². The maximum Gasteiger partial charge on any atom is 0.249 e. The standard InChI is InChI=1S/C22H21N5O2/c1-15-10-12-17(13-11-15)21-25-22(27-26-21)24-19(28)8-5-9-20-23-14-18(29-20)16-6-3-2-4-7-16/h2-4,6-7,10-14H,5,8-9H2,1H3,(H2,24,25,26,27,28). The fourth-order valence-corrected chi connectivity index (χ4v) is 2.91. The van der Waals surface area contributed by atoms with Crippen LogP contribution in [0, 0.1) is 6.92 Å². The molecule has 0 aliphatic rings. The molecular formula is C22H21N5O2. The molecule has 2 aromatic carbocycles. The number of amides is 1. The van der Waals surface area contributed by atoms with E-state index in [0.29, 0.717) is 31.0 Å². The summed E-state index contributed by atoms with van der Waals surface area (Å²) in [6.45, 7) is 2.02. The van der Waals surface area contributed by atoms with Crippen LogP contribution < -0.4 is 5.32 Å². The summed E-state index contributed by atoms with van der Waals surface area (Å²) in [5.41, 5.74) is 3.07. The van der Waals surface area contributed by atoms with Crippen LogP contribution in [0.5, 0.6) is 0 Å². The lowest BCUT2D eigenvalue weighted by Gasteiger charge is -2.00. The normalized spacial score (nSPS) is 10.8. The van der Waals surface area contributed by atoms with Crippen LogP contribution in [0.25, 0.3) is 22.7 Å². The van der Waals surface area contributed by atoms with Gasteiger partial charge in [0, 0.05) is 24.0 Å². The van der Waals surface area contributed by atoms with Crippen molar-refractivity contribution in [1.29, 1.82) is 0 Å². The van der Waals surface area contributed by atoms with Crippen LogP contribution in [-0.2, 0) is 11.2 Å². The molecule has 4 aromatic rings. The Labute approximate surface area is 168 Å². The Morgan fingerprint density at radius 3 is 2.66 bits per heavy atom. The predicted molar refractivity (Wildman–Crippen MR) is 110 cm³/mol. The summed E-state index contributed by atoms with van der Waals surface area (Å²) in [5, 5.41) is 9.62. The molecule has 0 aliphatic carbocycles. The highest BCUT2D eigenvalue weighted by Gasteiger charge is 2.11. The second-order valence-corrected chi connectivity index (χ2v) is 6.76. The molecule has 0 radical (unpaired) electrons. The van der Waals surface area contributed by atoms with E-state index in [1.807, 2.05) is 61.5 Å². The van der Waals surface area contributed by atoms with Crippen molar-refractivity contribution in [2.45, 2.75) is 26.2 Å². The number of nitrogens with one attached hydrogen (secondary N) is 2. The van der Waals surface area contributed by atoms with Gasteiger partial charge in [-0.1, -0.05) is 60.2 Å². The molecular weight excluding hydrogens is 366 g/mol. The summed E-state index contributed by atoms with van der Waals surface area (Å²) in [5.74, 6) is 2.10. The third kappa shape index (κ3) is 4.76. The van der Waals surface area contributed by atoms with Crippen LogP contribution >= 0.6 is 0 Å². The fourth-order valence-electron chi connectivity index (χ4n) is 2.91. The highest BCUT2D eigenvalue weighted by Crippen LogP contribution is 2.20. The monoisotopic (exact) mass is 387 g/mol. The Morgan fingerprint density at radius 2 is 1.86 bits per heavy atom. The van der Waals surface area contributed by atoms with Crippen molar-refractivity contribution in [2.24, 2.45) is 0 Å². The van der Waals surface area contributed by atoms with Crippen LogP contribution in [-0.4, -0.2) is 26.1 Å². The van der Waals surface area contributed by atoms with Crippen LogP contribution in [0.2, 0.25) is 0 Å². The molecule has 0 bridgehead atoms. The van der Waals surface area contributed by atoms with E-state index in [4.69, 9.17) is 4.42 Å². The Kier molecular flexibility index (Phi) is 5.47. The summed E-state index contributed by atoms with van der Waals surface area (Å²) in [6, 6.07) is 17.7. The van der Waals surface area contributed by atoms with E-state index in [1.54, 1.807) is 6.20 Å². The largest absolute Gasteiger partial charge is 0.441 e. The second kappa shape index (κ2) is 8.52. The van der Waals surface area contributed by atoms with E-state index in [0.717, 1.165) is 16.9 Å². The van der Waals surface area contributed by atoms with E-state index >= 15 is 0 Å². The molecule has 0 atom stereocenters. The molecule has 29 heavy (non-hydrogen) atoms. The molecule has 0 saturated carbocycles. The molecule has 0 saturated heterocycles. The van der Waals surface area contributed by atoms with Gasteiger partial charge >= 0.3 is 0 Å². The minimum Gasteiger partial charge on any atom is -0.441 e. The Morgan fingerprint density at radius 1 is 1.07 bits per heavy atom. The topological polar surface area (TPSA) is 96.7 Å². The second-order valence-electron chi connectivity index (χ2n) is 6.76. The van der Waals surface area contributed by atoms with Crippen molar-refractivity contribution in [1.82, 2.24) is 20.2 Å². The van der Waals surface area contributed by atoms with Crippen molar-refractivity contribution in [3.05, 3.63) is 72.2 Å². The minimum absolute atomic E-state index is 0.144. The molecule has 2 aromatic heterocycles. The van der Waals surface area contributed by atoms with Crippen molar-refractivity contribution < 1.29 is 9.21 Å². The van der Waals surface area contributed by atoms with Gasteiger partial charge in [-0.15, -0.1) is 5.10 Å². The number of aromatic amines is 1. The predicted octanol–water partition coefficient (Wildman–Crippen LogP) is 4.40. The van der Waals surface area contributed by atoms with Gasteiger partial charge in [0.2, 0.25) is 11.9 Å². The minimum atomic E-state index is -0.144. The van der Waals surface area contributed by atoms with E-state index in [2.05, 4.69) is 25.5 Å². The molecule has 0 spiro atoms. The number of aromatic nitrogens is 4. The molecule has 0 fully saturated rings. The average molecular weight is 387 g/mol. The van der Waals surface area contributed by atoms with Gasteiger partial charge in [-0.25, -0.2) is 4.98 Å². The molecule has 7 nitrogen and oxygen atoms in total. The number of nitrogens with zero attached hydrogens (tertiary/aromatic N) is 3. The van der Waals surface area contributed by atoms with Gasteiger partial charge < -0.3 is 4.42 Å². The number of carbonyl (C=O) groups is 1. The van der Waals surface area contributed by atoms with Gasteiger partial charge in [-0.3, -0.25) is 15.2 Å². The number of rotatable bonds is 7. The fraction of sp³-hybridized carbons (Fsp3) is 0.182. The maximum atomic E-state index is 12.2. The van der Waals surface area contributed by atoms with Gasteiger partial charge in [-0.2, -0.15) is 4.98 Å². The molecule has 2 N–H and O–H groups in total. The number of hydrogen-bond donors (Lipinski definition) is 2. The van der Waals surface area contributed by atoms with Crippen LogP contribution in [0.4, 0.5) is 5.95 Å². The van der Waals surface area contributed by atoms with Crippen molar-refractivity contribution in [3.8, 4) is 22.7 Å². The first-order chi connectivity index (χ1) is 14.2. The molecule has 0 aliphatic heterocycles. The van der Waals surface area contributed by atoms with Crippen LogP contribution in [0.3, 0.4) is 0 Å². The lowest BCUT2D eigenvalue weighted by atomic mass is 10.1. The molecule has 1 amide bonds. The van der Waals surface area contributed by atoms with Crippen LogP contribution in [0.1, 0.15) is 24.3 Å². The number of carbonyl (C=O) groups excluding carboxylic acids is 1. The highest BCUT2D eigenvalue weighted by atomic mass is 16.4. The number of benzene rings is 2. The lowest BCUT2D eigenvalue weighted by Crippen LogP contribution is -2.12. The highest BCUT2D eigenvalue weighted by molar-refractivity contribution is 5.89. The smallest absolute Gasteiger partial charge is 0.249 e. The van der Waals surface area contributed by atoms with Gasteiger partial charge in [-0.05, 0) is 13.3 Å². The Bertz CT molecular complexity index is 1080. The van der Waals surface area contributed by atoms with Crippen molar-refractivity contribution >= 4 is 11.9 Å². The maximum absolute atomic E-state index is 12.2. The number of hydrogen-bond acceptors (Lipinski definition) is 5. The van der Waals surface area contributed by atoms with E-state index < -0.39 is 0 Å². The summed E-state index contributed by atoms with van der Waals surface area (Å²) < 4.78 is 5.76. The SMILES string of the molecule is Cc1ccc(-c2nc(NC(=O)CCCc3ncc(-c4ccccc4)o3)n[nH]2)cc1. The molecule has 146 valence electrons. The number of oxazole rings is 1. The zero-order valence-electron chi connectivity index (χ0n) is 16.1. The quantitative estimate of drug-likeness (QED) is 0.490. The first kappa shape index (κ1) is 18.6. The summed E-state index contributed by atoms with van der Waals surface area (Å²) in [7, 11) is 0. The first-order valence-electron chi connectivity index (χ1n) is 9.47. The summed E-state index contributed by atoms with van der Waals surface area (Å²) in [4.78, 5) is 20.8. The van der Waals surface area contributed by atoms with Gasteiger partial charge in [0.05, 0.1) is 6.20 Å². The Hall–Kier alpha value is -3.74. The number of aryl methyl sites for hydroxylation is 2. The number of H-pyrrole nitrogens is 1. The lowest BCUT2D eigenvalue weighted by molar-refractivity contribution is -0.116. The summed E-state index contributed by atoms with van der Waals surface area (Å²) in [6.07, 6.45) is 3.25. The summed E-state index contributed by atoms with van der Waals surface area (Å²) >= 11 is 0. The Balaban J connectivity index is 1.27. The zero-order chi connectivity index (χ0) is 20.1. The zero-order valence-corrected chi connectivity index (χ0v) is 16.1. The van der Waals surface area contributed by atoms with E-state index in [-0.39, 0.29) is 11.9 Å². The molecule has 2 heterocycles. The van der Waals surface area contributed by atoms with E-state index in [9.17, 15) is 4.79 Å². The van der Waals surface area contributed by atoms with E-state index in [1.165, 1.54) is 5.56 Å². The third-order valence-electron chi connectivity index (χ3n) is 4.47. The van der Waals surface area contributed by atoms with Gasteiger partial charge in [0.1, 0.15) is 0 Å². The van der Waals surface area contributed by atoms with Gasteiger partial charge in [0.25, 0.3) is 0 Å².